The third-order valence-electron chi connectivity index (χ3n) is 6.11. The van der Waals surface area contributed by atoms with Gasteiger partial charge in [-0.3, -0.25) is 4.79 Å². The van der Waals surface area contributed by atoms with Gasteiger partial charge in [-0.2, -0.15) is 0 Å². The Hall–Kier alpha value is -1.33. The van der Waals surface area contributed by atoms with E-state index in [1.165, 1.54) is 25.7 Å². The summed E-state index contributed by atoms with van der Waals surface area (Å²) in [5, 5.41) is 0. The molecular formula is C25H28Br2O3. The number of ketones is 1. The molecular weight excluding hydrogens is 508 g/mol. The maximum atomic E-state index is 13.2. The van der Waals surface area contributed by atoms with E-state index < -0.39 is 0 Å². The first-order valence-corrected chi connectivity index (χ1v) is 12.4. The van der Waals surface area contributed by atoms with Crippen molar-refractivity contribution in [1.82, 2.24) is 0 Å². The zero-order valence-corrected chi connectivity index (χ0v) is 20.7. The average Bonchev–Trinajstić information content (AvgIpc) is 3.65. The fourth-order valence-electron chi connectivity index (χ4n) is 3.49. The second kappa shape index (κ2) is 9.44. The standard InChI is InChI=1S/C25H28Br2O3/c1-15(19-7-9-23(21(26)11-19)29-13-17-3-4-17)25(28)16(2)20-8-10-24(22(27)12-20)30-14-18-5-6-18/h7-12,15-18H,3-6,13-14H2,1-2H3. The van der Waals surface area contributed by atoms with Gasteiger partial charge in [0.15, 0.2) is 0 Å². The Balaban J connectivity index is 1.40. The number of halogens is 2. The van der Waals surface area contributed by atoms with E-state index >= 15 is 0 Å². The van der Waals surface area contributed by atoms with Crippen LogP contribution in [0.15, 0.2) is 45.3 Å². The van der Waals surface area contributed by atoms with Gasteiger partial charge in [-0.05, 0) is 105 Å². The molecule has 3 nitrogen and oxygen atoms in total. The van der Waals surface area contributed by atoms with Crippen molar-refractivity contribution >= 4 is 37.6 Å². The first-order chi connectivity index (χ1) is 14.4. The molecule has 0 heterocycles. The van der Waals surface area contributed by atoms with Crippen molar-refractivity contribution in [3.05, 3.63) is 56.5 Å². The van der Waals surface area contributed by atoms with Crippen LogP contribution in [0, 0.1) is 11.8 Å². The van der Waals surface area contributed by atoms with Crippen molar-refractivity contribution in [2.75, 3.05) is 13.2 Å². The number of ether oxygens (including phenoxy) is 2. The van der Waals surface area contributed by atoms with Crippen LogP contribution in [0.2, 0.25) is 0 Å². The molecule has 0 saturated heterocycles. The normalized spacial score (nSPS) is 18.0. The van der Waals surface area contributed by atoms with E-state index in [2.05, 4.69) is 31.9 Å². The molecule has 0 aromatic heterocycles. The molecule has 4 rings (SSSR count). The van der Waals surface area contributed by atoms with Crippen LogP contribution in [0.4, 0.5) is 0 Å². The molecule has 0 aliphatic heterocycles. The van der Waals surface area contributed by atoms with Gasteiger partial charge in [0.25, 0.3) is 0 Å². The van der Waals surface area contributed by atoms with Gasteiger partial charge in [0.2, 0.25) is 0 Å². The van der Waals surface area contributed by atoms with Crippen LogP contribution >= 0.6 is 31.9 Å². The lowest BCUT2D eigenvalue weighted by Crippen LogP contribution is -2.17. The quantitative estimate of drug-likeness (QED) is 0.321. The number of Topliss-reactive ketones (excluding diaryl/α,β-unsaturated/α-hetero) is 1. The second-order valence-corrected chi connectivity index (χ2v) is 10.4. The Morgan fingerprint density at radius 3 is 1.57 bits per heavy atom. The highest BCUT2D eigenvalue weighted by Gasteiger charge is 2.26. The molecule has 0 radical (unpaired) electrons. The molecule has 2 aliphatic carbocycles. The summed E-state index contributed by atoms with van der Waals surface area (Å²) in [6.45, 7) is 5.51. The molecule has 2 unspecified atom stereocenters. The maximum Gasteiger partial charge on any atom is 0.147 e. The van der Waals surface area contributed by atoms with Crippen LogP contribution in [0.5, 0.6) is 11.5 Å². The third kappa shape index (κ3) is 5.47. The molecule has 2 fully saturated rings. The van der Waals surface area contributed by atoms with Gasteiger partial charge in [0, 0.05) is 11.8 Å². The minimum atomic E-state index is -0.196. The monoisotopic (exact) mass is 534 g/mol. The zero-order valence-electron chi connectivity index (χ0n) is 17.5. The molecule has 30 heavy (non-hydrogen) atoms. The van der Waals surface area contributed by atoms with Crippen molar-refractivity contribution in [2.45, 2.75) is 51.4 Å². The van der Waals surface area contributed by atoms with E-state index in [9.17, 15) is 4.79 Å². The minimum absolute atomic E-state index is 0.196. The molecule has 2 atom stereocenters. The van der Waals surface area contributed by atoms with Crippen LogP contribution in [0.25, 0.3) is 0 Å². The summed E-state index contributed by atoms with van der Waals surface area (Å²) < 4.78 is 13.6. The molecule has 160 valence electrons. The van der Waals surface area contributed by atoms with Gasteiger partial charge < -0.3 is 9.47 Å². The van der Waals surface area contributed by atoms with Crippen LogP contribution in [-0.4, -0.2) is 19.0 Å². The Bertz CT molecular complexity index is 845. The van der Waals surface area contributed by atoms with Gasteiger partial charge in [-0.1, -0.05) is 26.0 Å². The van der Waals surface area contributed by atoms with E-state index in [4.69, 9.17) is 9.47 Å². The third-order valence-corrected chi connectivity index (χ3v) is 7.35. The van der Waals surface area contributed by atoms with Gasteiger partial charge in [0.05, 0.1) is 22.2 Å². The molecule has 0 bridgehead atoms. The summed E-state index contributed by atoms with van der Waals surface area (Å²) in [6.07, 6.45) is 5.07. The average molecular weight is 536 g/mol. The van der Waals surface area contributed by atoms with Crippen molar-refractivity contribution in [3.63, 3.8) is 0 Å². The zero-order chi connectivity index (χ0) is 21.3. The second-order valence-electron chi connectivity index (χ2n) is 8.73. The Morgan fingerprint density at radius 1 is 0.833 bits per heavy atom. The summed E-state index contributed by atoms with van der Waals surface area (Å²) in [4.78, 5) is 13.2. The summed E-state index contributed by atoms with van der Waals surface area (Å²) in [6, 6.07) is 12.0. The van der Waals surface area contributed by atoms with Crippen molar-refractivity contribution in [3.8, 4) is 11.5 Å². The van der Waals surface area contributed by atoms with Gasteiger partial charge in [-0.25, -0.2) is 0 Å². The fourth-order valence-corrected chi connectivity index (χ4v) is 4.52. The first kappa shape index (κ1) is 21.9. The van der Waals surface area contributed by atoms with E-state index in [-0.39, 0.29) is 17.6 Å². The maximum absolute atomic E-state index is 13.2. The smallest absolute Gasteiger partial charge is 0.147 e. The number of hydrogen-bond acceptors (Lipinski definition) is 3. The van der Waals surface area contributed by atoms with Crippen LogP contribution in [0.1, 0.15) is 62.5 Å². The lowest BCUT2D eigenvalue weighted by Gasteiger charge is -2.19. The van der Waals surface area contributed by atoms with Crippen LogP contribution < -0.4 is 9.47 Å². The Kier molecular flexibility index (Phi) is 6.88. The van der Waals surface area contributed by atoms with E-state index in [1.807, 2.05) is 50.2 Å². The highest BCUT2D eigenvalue weighted by Crippen LogP contribution is 2.36. The Labute approximate surface area is 195 Å². The van der Waals surface area contributed by atoms with Crippen molar-refractivity contribution in [1.29, 1.82) is 0 Å². The van der Waals surface area contributed by atoms with Crippen molar-refractivity contribution < 1.29 is 14.3 Å². The summed E-state index contributed by atoms with van der Waals surface area (Å²) in [5.41, 5.74) is 2.00. The van der Waals surface area contributed by atoms with Gasteiger partial charge in [0.1, 0.15) is 17.3 Å². The SMILES string of the molecule is CC(C(=O)C(C)c1ccc(OCC2CC2)c(Br)c1)c1ccc(OCC2CC2)c(Br)c1. The van der Waals surface area contributed by atoms with Gasteiger partial charge in [-0.15, -0.1) is 0 Å². The predicted molar refractivity (Wildman–Crippen MR) is 127 cm³/mol. The predicted octanol–water partition coefficient (Wildman–Crippen LogP) is 7.27. The van der Waals surface area contributed by atoms with E-state index in [0.29, 0.717) is 11.8 Å². The first-order valence-electron chi connectivity index (χ1n) is 10.8. The molecule has 2 aliphatic rings. The molecule has 2 aromatic carbocycles. The van der Waals surface area contributed by atoms with E-state index in [0.717, 1.165) is 44.8 Å². The highest BCUT2D eigenvalue weighted by molar-refractivity contribution is 9.10. The highest BCUT2D eigenvalue weighted by atomic mass is 79.9. The van der Waals surface area contributed by atoms with Crippen LogP contribution in [0.3, 0.4) is 0 Å². The molecule has 0 amide bonds. The minimum Gasteiger partial charge on any atom is -0.492 e. The number of carbonyl (C=O) groups is 1. The summed E-state index contributed by atoms with van der Waals surface area (Å²) >= 11 is 7.21. The topological polar surface area (TPSA) is 35.5 Å². The summed E-state index contributed by atoms with van der Waals surface area (Å²) in [5.74, 6) is 2.93. The summed E-state index contributed by atoms with van der Waals surface area (Å²) in [7, 11) is 0. The van der Waals surface area contributed by atoms with Crippen molar-refractivity contribution in [2.24, 2.45) is 11.8 Å². The molecule has 5 heteroatoms. The number of hydrogen-bond donors (Lipinski definition) is 0. The molecule has 0 spiro atoms. The number of benzene rings is 2. The molecule has 2 aromatic rings. The fraction of sp³-hybridized carbons (Fsp3) is 0.480. The molecule has 0 N–H and O–H groups in total. The van der Waals surface area contributed by atoms with Crippen LogP contribution in [-0.2, 0) is 4.79 Å². The molecule has 2 saturated carbocycles. The Morgan fingerprint density at radius 2 is 1.23 bits per heavy atom. The number of rotatable bonds is 10. The number of carbonyl (C=O) groups excluding carboxylic acids is 1. The lowest BCUT2D eigenvalue weighted by atomic mass is 9.86. The van der Waals surface area contributed by atoms with E-state index in [1.54, 1.807) is 0 Å². The lowest BCUT2D eigenvalue weighted by molar-refractivity contribution is -0.121. The largest absolute Gasteiger partial charge is 0.492 e. The van der Waals surface area contributed by atoms with Gasteiger partial charge >= 0.3 is 0 Å².